The van der Waals surface area contributed by atoms with E-state index in [1.165, 1.54) is 5.56 Å². The number of rotatable bonds is 4. The Kier molecular flexibility index (Phi) is 5.56. The molecule has 2 amide bonds. The predicted octanol–water partition coefficient (Wildman–Crippen LogP) is 3.35. The molecule has 1 saturated heterocycles. The lowest BCUT2D eigenvalue weighted by atomic mass is 10.1. The number of benzene rings is 2. The highest BCUT2D eigenvalue weighted by Gasteiger charge is 2.22. The second-order valence-corrected chi connectivity index (χ2v) is 6.32. The average Bonchev–Trinajstić information content (AvgIpc) is 2.64. The highest BCUT2D eigenvalue weighted by molar-refractivity contribution is 5.90. The Morgan fingerprint density at radius 3 is 2.44 bits per heavy atom. The van der Waals surface area contributed by atoms with Gasteiger partial charge in [-0.05, 0) is 24.6 Å². The molecular weight excluding hydrogens is 314 g/mol. The van der Waals surface area contributed by atoms with Crippen LogP contribution in [0.4, 0.5) is 10.5 Å². The summed E-state index contributed by atoms with van der Waals surface area (Å²) in [5, 5.41) is 3.01. The number of carbonyl (C=O) groups excluding carboxylic acids is 1. The quantitative estimate of drug-likeness (QED) is 0.929. The van der Waals surface area contributed by atoms with E-state index in [0.717, 1.165) is 49.7 Å². The third kappa shape index (κ3) is 4.31. The van der Waals surface area contributed by atoms with Gasteiger partial charge in [0, 0.05) is 44.0 Å². The summed E-state index contributed by atoms with van der Waals surface area (Å²) in [5.74, 6) is 0.919. The van der Waals surface area contributed by atoms with E-state index in [0.29, 0.717) is 0 Å². The van der Waals surface area contributed by atoms with Crippen molar-refractivity contribution in [3.8, 4) is 5.75 Å². The van der Waals surface area contributed by atoms with Gasteiger partial charge in [0.15, 0.2) is 0 Å². The number of aryl methyl sites for hydroxylation is 1. The summed E-state index contributed by atoms with van der Waals surface area (Å²) in [6.45, 7) is 6.02. The Hall–Kier alpha value is -2.53. The van der Waals surface area contributed by atoms with Crippen LogP contribution in [-0.4, -0.2) is 49.1 Å². The number of nitrogens with zero attached hydrogens (tertiary/aromatic N) is 2. The van der Waals surface area contributed by atoms with Crippen LogP contribution in [0.3, 0.4) is 0 Å². The fraction of sp³-hybridized carbons (Fsp3) is 0.350. The Morgan fingerprint density at radius 2 is 1.72 bits per heavy atom. The minimum atomic E-state index is -0.0220. The van der Waals surface area contributed by atoms with Crippen molar-refractivity contribution in [2.45, 2.75) is 13.5 Å². The summed E-state index contributed by atoms with van der Waals surface area (Å²) in [7, 11) is 1.70. The number of anilines is 1. The first-order valence-electron chi connectivity index (χ1n) is 8.63. The molecule has 0 spiro atoms. The number of piperazine rings is 1. The lowest BCUT2D eigenvalue weighted by Crippen LogP contribution is -2.49. The normalized spacial score (nSPS) is 15.0. The van der Waals surface area contributed by atoms with Gasteiger partial charge in [0.25, 0.3) is 0 Å². The molecule has 1 N–H and O–H groups in total. The maximum atomic E-state index is 12.5. The maximum Gasteiger partial charge on any atom is 0.321 e. The minimum Gasteiger partial charge on any atom is -0.496 e. The molecule has 0 radical (unpaired) electrons. The van der Waals surface area contributed by atoms with Crippen molar-refractivity contribution in [1.82, 2.24) is 9.80 Å². The molecule has 2 aromatic carbocycles. The van der Waals surface area contributed by atoms with Gasteiger partial charge in [-0.15, -0.1) is 0 Å². The number of carbonyl (C=O) groups is 1. The van der Waals surface area contributed by atoms with Crippen LogP contribution < -0.4 is 10.1 Å². The van der Waals surface area contributed by atoms with E-state index >= 15 is 0 Å². The van der Waals surface area contributed by atoms with Crippen LogP contribution in [0.15, 0.2) is 48.5 Å². The zero-order chi connectivity index (χ0) is 17.6. The molecule has 1 aliphatic rings. The van der Waals surface area contributed by atoms with Gasteiger partial charge in [-0.25, -0.2) is 4.79 Å². The molecule has 0 aromatic heterocycles. The van der Waals surface area contributed by atoms with Crippen molar-refractivity contribution in [1.29, 1.82) is 0 Å². The Morgan fingerprint density at radius 1 is 1.04 bits per heavy atom. The highest BCUT2D eigenvalue weighted by Crippen LogP contribution is 2.20. The number of urea groups is 1. The molecule has 0 aliphatic carbocycles. The number of hydrogen-bond donors (Lipinski definition) is 1. The van der Waals surface area contributed by atoms with Crippen molar-refractivity contribution in [3.05, 3.63) is 59.7 Å². The summed E-state index contributed by atoms with van der Waals surface area (Å²) in [6.07, 6.45) is 0. The minimum absolute atomic E-state index is 0.0220. The molecule has 1 aliphatic heterocycles. The summed E-state index contributed by atoms with van der Waals surface area (Å²) < 4.78 is 5.42. The van der Waals surface area contributed by atoms with Gasteiger partial charge < -0.3 is 15.0 Å². The molecule has 3 rings (SSSR count). The maximum absolute atomic E-state index is 12.5. The third-order valence-corrected chi connectivity index (χ3v) is 4.63. The number of hydrogen-bond acceptors (Lipinski definition) is 3. The topological polar surface area (TPSA) is 44.8 Å². The van der Waals surface area contributed by atoms with Crippen LogP contribution in [0.25, 0.3) is 0 Å². The summed E-state index contributed by atoms with van der Waals surface area (Å²) in [6, 6.07) is 15.9. The molecular formula is C20H25N3O2. The molecule has 1 fully saturated rings. The van der Waals surface area contributed by atoms with Crippen LogP contribution in [0, 0.1) is 6.92 Å². The van der Waals surface area contributed by atoms with E-state index in [1.807, 2.05) is 54.3 Å². The average molecular weight is 339 g/mol. The molecule has 5 heteroatoms. The lowest BCUT2D eigenvalue weighted by Gasteiger charge is -2.35. The molecule has 2 aromatic rings. The van der Waals surface area contributed by atoms with E-state index in [2.05, 4.69) is 16.3 Å². The van der Waals surface area contributed by atoms with Crippen LogP contribution in [0.1, 0.15) is 11.1 Å². The summed E-state index contributed by atoms with van der Waals surface area (Å²) >= 11 is 0. The Labute approximate surface area is 149 Å². The molecule has 5 nitrogen and oxygen atoms in total. The fourth-order valence-electron chi connectivity index (χ4n) is 3.09. The molecule has 0 atom stereocenters. The summed E-state index contributed by atoms with van der Waals surface area (Å²) in [5.41, 5.74) is 3.14. The van der Waals surface area contributed by atoms with Crippen LogP contribution in [-0.2, 0) is 6.54 Å². The van der Waals surface area contributed by atoms with Crippen LogP contribution >= 0.6 is 0 Å². The summed E-state index contributed by atoms with van der Waals surface area (Å²) in [4.78, 5) is 16.7. The van der Waals surface area contributed by atoms with Gasteiger partial charge in [-0.2, -0.15) is 0 Å². The van der Waals surface area contributed by atoms with Gasteiger partial charge in [0.1, 0.15) is 5.75 Å². The number of nitrogens with one attached hydrogen (secondary N) is 1. The molecule has 0 bridgehead atoms. The first-order chi connectivity index (χ1) is 12.2. The number of methoxy groups -OCH3 is 1. The Balaban J connectivity index is 1.53. The molecule has 1 heterocycles. The van der Waals surface area contributed by atoms with Crippen LogP contribution in [0.2, 0.25) is 0 Å². The van der Waals surface area contributed by atoms with E-state index in [-0.39, 0.29) is 6.03 Å². The molecule has 0 unspecified atom stereocenters. The third-order valence-electron chi connectivity index (χ3n) is 4.63. The predicted molar refractivity (Wildman–Crippen MR) is 100 cm³/mol. The zero-order valence-electron chi connectivity index (χ0n) is 14.9. The van der Waals surface area contributed by atoms with Gasteiger partial charge >= 0.3 is 6.03 Å². The van der Waals surface area contributed by atoms with E-state index in [9.17, 15) is 4.79 Å². The van der Waals surface area contributed by atoms with Crippen molar-refractivity contribution in [2.75, 3.05) is 38.6 Å². The lowest BCUT2D eigenvalue weighted by molar-refractivity contribution is 0.142. The first kappa shape index (κ1) is 17.3. The second kappa shape index (κ2) is 8.03. The van der Waals surface area contributed by atoms with Crippen molar-refractivity contribution >= 4 is 11.7 Å². The largest absolute Gasteiger partial charge is 0.496 e. The van der Waals surface area contributed by atoms with Gasteiger partial charge in [0.2, 0.25) is 0 Å². The van der Waals surface area contributed by atoms with Crippen molar-refractivity contribution < 1.29 is 9.53 Å². The molecule has 0 saturated carbocycles. The Bertz CT molecular complexity index is 724. The van der Waals surface area contributed by atoms with Crippen LogP contribution in [0.5, 0.6) is 5.75 Å². The van der Waals surface area contributed by atoms with Crippen molar-refractivity contribution in [2.24, 2.45) is 0 Å². The van der Waals surface area contributed by atoms with E-state index in [1.54, 1.807) is 7.11 Å². The first-order valence-corrected chi connectivity index (χ1v) is 8.63. The smallest absolute Gasteiger partial charge is 0.321 e. The number of ether oxygens (including phenoxy) is 1. The number of para-hydroxylation sites is 2. The highest BCUT2D eigenvalue weighted by atomic mass is 16.5. The fourth-order valence-corrected chi connectivity index (χ4v) is 3.09. The molecule has 25 heavy (non-hydrogen) atoms. The van der Waals surface area contributed by atoms with Gasteiger partial charge in [0.05, 0.1) is 7.11 Å². The zero-order valence-corrected chi connectivity index (χ0v) is 14.9. The SMILES string of the molecule is COc1ccccc1CN1CCN(C(=O)Nc2ccccc2C)CC1. The van der Waals surface area contributed by atoms with Gasteiger partial charge in [-0.1, -0.05) is 36.4 Å². The van der Waals surface area contributed by atoms with E-state index < -0.39 is 0 Å². The van der Waals surface area contributed by atoms with Crippen molar-refractivity contribution in [3.63, 3.8) is 0 Å². The second-order valence-electron chi connectivity index (χ2n) is 6.32. The van der Waals surface area contributed by atoms with Gasteiger partial charge in [-0.3, -0.25) is 4.90 Å². The standard InChI is InChI=1S/C20H25N3O2/c1-16-7-3-5-9-18(16)21-20(24)23-13-11-22(12-14-23)15-17-8-4-6-10-19(17)25-2/h3-10H,11-15H2,1-2H3,(H,21,24). The monoisotopic (exact) mass is 339 g/mol. The van der Waals surface area contributed by atoms with E-state index in [4.69, 9.17) is 4.74 Å². The number of amides is 2. The molecule has 132 valence electrons.